The molecule has 0 fully saturated rings. The average Bonchev–Trinajstić information content (AvgIpc) is 2.84. The second kappa shape index (κ2) is 6.17. The lowest BCUT2D eigenvalue weighted by Gasteiger charge is -2.08. The van der Waals surface area contributed by atoms with E-state index in [9.17, 15) is 8.42 Å². The molecule has 0 aliphatic heterocycles. The average molecular weight is 360 g/mol. The molecule has 0 amide bonds. The van der Waals surface area contributed by atoms with Crippen LogP contribution in [-0.4, -0.2) is 8.42 Å². The second-order valence-electron chi connectivity index (χ2n) is 3.98. The molecule has 0 unspecified atom stereocenters. The summed E-state index contributed by atoms with van der Waals surface area (Å²) in [6.07, 6.45) is 0.912. The number of hydrogen-bond acceptors (Lipinski definition) is 3. The van der Waals surface area contributed by atoms with Gasteiger partial charge in [-0.15, -0.1) is 11.3 Å². The quantitative estimate of drug-likeness (QED) is 0.886. The van der Waals surface area contributed by atoms with E-state index in [1.54, 1.807) is 35.6 Å². The third-order valence-electron chi connectivity index (χ3n) is 2.77. The summed E-state index contributed by atoms with van der Waals surface area (Å²) < 4.78 is 27.6. The summed E-state index contributed by atoms with van der Waals surface area (Å²) in [7, 11) is -3.48. The van der Waals surface area contributed by atoms with Crippen LogP contribution >= 0.6 is 27.3 Å². The summed E-state index contributed by atoms with van der Waals surface area (Å²) >= 11 is 4.84. The van der Waals surface area contributed by atoms with Gasteiger partial charge in [-0.25, -0.2) is 13.1 Å². The van der Waals surface area contributed by atoms with Gasteiger partial charge in [0.25, 0.3) is 0 Å². The molecule has 1 N–H and O–H groups in total. The smallest absolute Gasteiger partial charge is 0.207 e. The summed E-state index contributed by atoms with van der Waals surface area (Å²) in [6.45, 7) is 2.40. The summed E-state index contributed by atoms with van der Waals surface area (Å²) in [4.78, 5) is 1.34. The molecule has 6 heteroatoms. The molecule has 19 heavy (non-hydrogen) atoms. The maximum absolute atomic E-state index is 12.2. The Morgan fingerprint density at radius 2 is 2.00 bits per heavy atom. The Bertz CT molecular complexity index is 665. The van der Waals surface area contributed by atoms with Crippen molar-refractivity contribution in [2.75, 3.05) is 0 Å². The SMILES string of the molecule is CCc1ccsc1CNS(=O)(=O)c1ccccc1Br. The molecule has 1 aromatic carbocycles. The normalized spacial score (nSPS) is 11.7. The first-order valence-corrected chi connectivity index (χ1v) is 8.99. The maximum atomic E-state index is 12.2. The van der Waals surface area contributed by atoms with Crippen LogP contribution in [0.4, 0.5) is 0 Å². The fourth-order valence-corrected chi connectivity index (χ4v) is 4.74. The van der Waals surface area contributed by atoms with Crippen LogP contribution in [0.1, 0.15) is 17.4 Å². The third-order valence-corrected chi connectivity index (χ3v) is 6.14. The fraction of sp³-hybridized carbons (Fsp3) is 0.231. The summed E-state index contributed by atoms with van der Waals surface area (Å²) in [5.74, 6) is 0. The highest BCUT2D eigenvalue weighted by molar-refractivity contribution is 9.10. The predicted molar refractivity (Wildman–Crippen MR) is 81.9 cm³/mol. The van der Waals surface area contributed by atoms with E-state index < -0.39 is 10.0 Å². The van der Waals surface area contributed by atoms with Gasteiger partial charge >= 0.3 is 0 Å². The number of aryl methyl sites for hydroxylation is 1. The molecule has 2 aromatic rings. The second-order valence-corrected chi connectivity index (χ2v) is 7.57. The molecule has 0 saturated carbocycles. The van der Waals surface area contributed by atoms with Gasteiger partial charge < -0.3 is 0 Å². The van der Waals surface area contributed by atoms with Crippen molar-refractivity contribution in [1.82, 2.24) is 4.72 Å². The summed E-state index contributed by atoms with van der Waals surface area (Å²) in [5.41, 5.74) is 1.19. The number of sulfonamides is 1. The van der Waals surface area contributed by atoms with E-state index in [0.717, 1.165) is 11.3 Å². The van der Waals surface area contributed by atoms with Crippen molar-refractivity contribution in [3.63, 3.8) is 0 Å². The molecule has 0 atom stereocenters. The maximum Gasteiger partial charge on any atom is 0.242 e. The van der Waals surface area contributed by atoms with E-state index >= 15 is 0 Å². The minimum absolute atomic E-state index is 0.268. The zero-order valence-corrected chi connectivity index (χ0v) is 13.6. The number of halogens is 1. The Morgan fingerprint density at radius 1 is 1.26 bits per heavy atom. The molecule has 2 rings (SSSR count). The third kappa shape index (κ3) is 3.45. The Labute approximate surface area is 125 Å². The molecular formula is C13H14BrNO2S2. The molecule has 1 heterocycles. The Balaban J connectivity index is 2.17. The van der Waals surface area contributed by atoms with E-state index in [4.69, 9.17) is 0 Å². The highest BCUT2D eigenvalue weighted by Gasteiger charge is 2.17. The van der Waals surface area contributed by atoms with E-state index in [2.05, 4.69) is 27.6 Å². The number of benzene rings is 1. The molecule has 0 saturated heterocycles. The highest BCUT2D eigenvalue weighted by atomic mass is 79.9. The van der Waals surface area contributed by atoms with Crippen molar-refractivity contribution in [3.8, 4) is 0 Å². The summed E-state index contributed by atoms with van der Waals surface area (Å²) in [6, 6.07) is 8.84. The van der Waals surface area contributed by atoms with Gasteiger partial charge in [-0.05, 0) is 51.5 Å². The van der Waals surface area contributed by atoms with Crippen LogP contribution in [0, 0.1) is 0 Å². The van der Waals surface area contributed by atoms with Crippen LogP contribution in [0.15, 0.2) is 45.1 Å². The van der Waals surface area contributed by atoms with Crippen molar-refractivity contribution < 1.29 is 8.42 Å². The van der Waals surface area contributed by atoms with Crippen LogP contribution in [0.25, 0.3) is 0 Å². The van der Waals surface area contributed by atoms with Gasteiger partial charge in [-0.2, -0.15) is 0 Å². The topological polar surface area (TPSA) is 46.2 Å². The lowest BCUT2D eigenvalue weighted by atomic mass is 10.2. The van der Waals surface area contributed by atoms with Crippen molar-refractivity contribution in [2.45, 2.75) is 24.8 Å². The summed E-state index contributed by atoms with van der Waals surface area (Å²) in [5, 5.41) is 1.99. The lowest BCUT2D eigenvalue weighted by molar-refractivity contribution is 0.581. The number of rotatable bonds is 5. The first-order valence-electron chi connectivity index (χ1n) is 5.84. The van der Waals surface area contributed by atoms with Gasteiger partial charge in [0.05, 0.1) is 4.90 Å². The Hall–Kier alpha value is -0.690. The van der Waals surface area contributed by atoms with Gasteiger partial charge in [0, 0.05) is 15.9 Å². The van der Waals surface area contributed by atoms with Gasteiger partial charge in [0.1, 0.15) is 0 Å². The van der Waals surface area contributed by atoms with Crippen molar-refractivity contribution in [1.29, 1.82) is 0 Å². The standard InChI is InChI=1S/C13H14BrNO2S2/c1-2-10-7-8-18-12(10)9-15-19(16,17)13-6-4-3-5-11(13)14/h3-8,15H,2,9H2,1H3. The number of hydrogen-bond donors (Lipinski definition) is 1. The van der Waals surface area contributed by atoms with Crippen LogP contribution in [0.5, 0.6) is 0 Å². The van der Waals surface area contributed by atoms with E-state index in [0.29, 0.717) is 11.0 Å². The fourth-order valence-electron chi connectivity index (χ4n) is 1.74. The Morgan fingerprint density at radius 3 is 2.68 bits per heavy atom. The Kier molecular flexibility index (Phi) is 4.78. The van der Waals surface area contributed by atoms with Gasteiger partial charge in [-0.3, -0.25) is 0 Å². The zero-order chi connectivity index (χ0) is 13.9. The van der Waals surface area contributed by atoms with Crippen molar-refractivity contribution in [3.05, 3.63) is 50.6 Å². The van der Waals surface area contributed by atoms with Gasteiger partial charge in [-0.1, -0.05) is 19.1 Å². The minimum atomic E-state index is -3.48. The number of thiophene rings is 1. The van der Waals surface area contributed by atoms with Crippen LogP contribution in [0.2, 0.25) is 0 Å². The lowest BCUT2D eigenvalue weighted by Crippen LogP contribution is -2.23. The van der Waals surface area contributed by atoms with Gasteiger partial charge in [0.15, 0.2) is 0 Å². The molecular weight excluding hydrogens is 346 g/mol. The molecule has 102 valence electrons. The molecule has 0 radical (unpaired) electrons. The van der Waals surface area contributed by atoms with Crippen molar-refractivity contribution in [2.24, 2.45) is 0 Å². The van der Waals surface area contributed by atoms with E-state index in [1.165, 1.54) is 5.56 Å². The van der Waals surface area contributed by atoms with E-state index in [-0.39, 0.29) is 4.90 Å². The van der Waals surface area contributed by atoms with Crippen LogP contribution in [-0.2, 0) is 23.0 Å². The molecule has 0 aliphatic carbocycles. The van der Waals surface area contributed by atoms with Crippen LogP contribution in [0.3, 0.4) is 0 Å². The van der Waals surface area contributed by atoms with Crippen molar-refractivity contribution >= 4 is 37.3 Å². The predicted octanol–water partition coefficient (Wildman–Crippen LogP) is 3.55. The first-order chi connectivity index (χ1) is 9.04. The number of nitrogens with one attached hydrogen (secondary N) is 1. The minimum Gasteiger partial charge on any atom is -0.207 e. The largest absolute Gasteiger partial charge is 0.242 e. The monoisotopic (exact) mass is 359 g/mol. The molecule has 0 aliphatic rings. The highest BCUT2D eigenvalue weighted by Crippen LogP contribution is 2.22. The van der Waals surface area contributed by atoms with E-state index in [1.807, 2.05) is 11.4 Å². The van der Waals surface area contributed by atoms with Crippen LogP contribution < -0.4 is 4.72 Å². The molecule has 0 bridgehead atoms. The molecule has 3 nitrogen and oxygen atoms in total. The molecule has 0 spiro atoms. The zero-order valence-electron chi connectivity index (χ0n) is 10.4. The first kappa shape index (κ1) is 14.7. The molecule has 1 aromatic heterocycles. The van der Waals surface area contributed by atoms with Gasteiger partial charge in [0.2, 0.25) is 10.0 Å².